The summed E-state index contributed by atoms with van der Waals surface area (Å²) in [5, 5.41) is 5.44. The molecule has 2 rings (SSSR count). The Morgan fingerprint density at radius 3 is 2.46 bits per heavy atom. The van der Waals surface area contributed by atoms with Crippen molar-refractivity contribution < 1.29 is 14.3 Å². The number of nitrogens with two attached hydrogens (primary N) is 1. The Labute approximate surface area is 155 Å². The zero-order valence-electron chi connectivity index (χ0n) is 15.7. The van der Waals surface area contributed by atoms with Crippen molar-refractivity contribution in [2.24, 2.45) is 11.7 Å². The van der Waals surface area contributed by atoms with Crippen LogP contribution in [0.1, 0.15) is 25.0 Å². The van der Waals surface area contributed by atoms with E-state index in [0.29, 0.717) is 6.54 Å². The van der Waals surface area contributed by atoms with Gasteiger partial charge in [-0.2, -0.15) is 0 Å². The second kappa shape index (κ2) is 10.3. The molecule has 7 nitrogen and oxygen atoms in total. The van der Waals surface area contributed by atoms with Crippen LogP contribution in [-0.2, 0) is 27.4 Å². The van der Waals surface area contributed by atoms with Crippen LogP contribution >= 0.6 is 0 Å². The molecule has 1 aliphatic rings. The number of hydrogen-bond acceptors (Lipinski definition) is 5. The van der Waals surface area contributed by atoms with E-state index in [0.717, 1.165) is 38.4 Å². The maximum Gasteiger partial charge on any atom is 0.239 e. The number of ether oxygens (including phenoxy) is 1. The van der Waals surface area contributed by atoms with Gasteiger partial charge in [0, 0.05) is 26.2 Å². The van der Waals surface area contributed by atoms with Gasteiger partial charge in [-0.1, -0.05) is 38.1 Å². The lowest BCUT2D eigenvalue weighted by Gasteiger charge is -2.27. The van der Waals surface area contributed by atoms with Gasteiger partial charge < -0.3 is 21.1 Å². The van der Waals surface area contributed by atoms with E-state index in [-0.39, 0.29) is 24.3 Å². The number of rotatable bonds is 8. The zero-order chi connectivity index (χ0) is 18.9. The third kappa shape index (κ3) is 6.40. The first kappa shape index (κ1) is 20.4. The molecule has 1 aromatic carbocycles. The third-order valence-electron chi connectivity index (χ3n) is 4.54. The van der Waals surface area contributed by atoms with E-state index in [4.69, 9.17) is 10.5 Å². The van der Waals surface area contributed by atoms with Crippen molar-refractivity contribution in [2.45, 2.75) is 33.0 Å². The van der Waals surface area contributed by atoms with Crippen molar-refractivity contribution in [1.29, 1.82) is 0 Å². The van der Waals surface area contributed by atoms with Gasteiger partial charge in [0.05, 0.1) is 25.8 Å². The molecule has 0 saturated carbocycles. The summed E-state index contributed by atoms with van der Waals surface area (Å²) in [5.74, 6) is -0.497. The maximum absolute atomic E-state index is 12.0. The quantitative estimate of drug-likeness (QED) is 0.615. The maximum atomic E-state index is 12.0. The molecule has 4 N–H and O–H groups in total. The Morgan fingerprint density at radius 2 is 1.81 bits per heavy atom. The number of benzene rings is 1. The van der Waals surface area contributed by atoms with Gasteiger partial charge in [0.25, 0.3) is 0 Å². The molecule has 1 atom stereocenters. The second-order valence-electron chi connectivity index (χ2n) is 6.92. The van der Waals surface area contributed by atoms with Crippen LogP contribution in [0.4, 0.5) is 0 Å². The molecule has 0 radical (unpaired) electrons. The molecule has 1 fully saturated rings. The summed E-state index contributed by atoms with van der Waals surface area (Å²) >= 11 is 0. The van der Waals surface area contributed by atoms with Crippen molar-refractivity contribution in [3.8, 4) is 0 Å². The van der Waals surface area contributed by atoms with Gasteiger partial charge in [0.1, 0.15) is 0 Å². The number of carbonyl (C=O) groups excluding carboxylic acids is 2. The van der Waals surface area contributed by atoms with Crippen molar-refractivity contribution in [3.05, 3.63) is 35.4 Å². The van der Waals surface area contributed by atoms with Gasteiger partial charge in [-0.3, -0.25) is 14.5 Å². The molecule has 0 bridgehead atoms. The standard InChI is InChI=1S/C19H30N4O3/c1-14(2)18(20)19(25)22-12-17(24)21-11-15-5-3-4-6-16(15)13-23-7-9-26-10-8-23/h3-6,14,18H,7-13,20H2,1-2H3,(H,21,24)(H,22,25)/t18-/m0/s1. The summed E-state index contributed by atoms with van der Waals surface area (Å²) in [5.41, 5.74) is 8.04. The molecule has 1 heterocycles. The summed E-state index contributed by atoms with van der Waals surface area (Å²) in [4.78, 5) is 26.2. The number of hydrogen-bond donors (Lipinski definition) is 3. The highest BCUT2D eigenvalue weighted by Gasteiger charge is 2.18. The summed E-state index contributed by atoms with van der Waals surface area (Å²) < 4.78 is 5.38. The lowest BCUT2D eigenvalue weighted by atomic mass is 10.1. The fourth-order valence-electron chi connectivity index (χ4n) is 2.73. The minimum atomic E-state index is -0.600. The van der Waals surface area contributed by atoms with E-state index in [1.165, 1.54) is 5.56 Å². The Morgan fingerprint density at radius 1 is 1.15 bits per heavy atom. The summed E-state index contributed by atoms with van der Waals surface area (Å²) in [7, 11) is 0. The molecule has 7 heteroatoms. The fraction of sp³-hybridized carbons (Fsp3) is 0.579. The highest BCUT2D eigenvalue weighted by molar-refractivity contribution is 5.87. The summed E-state index contributed by atoms with van der Waals surface area (Å²) in [6.07, 6.45) is 0. The predicted molar refractivity (Wildman–Crippen MR) is 100 cm³/mol. The minimum Gasteiger partial charge on any atom is -0.379 e. The number of carbonyl (C=O) groups is 2. The SMILES string of the molecule is CC(C)[C@H](N)C(=O)NCC(=O)NCc1ccccc1CN1CCOCC1. The minimum absolute atomic E-state index is 0.0325. The van der Waals surface area contributed by atoms with Crippen molar-refractivity contribution in [3.63, 3.8) is 0 Å². The molecule has 0 unspecified atom stereocenters. The first-order valence-corrected chi connectivity index (χ1v) is 9.14. The van der Waals surface area contributed by atoms with Gasteiger partial charge in [-0.15, -0.1) is 0 Å². The van der Waals surface area contributed by atoms with Crippen LogP contribution in [0.25, 0.3) is 0 Å². The Hall–Kier alpha value is -1.96. The second-order valence-corrected chi connectivity index (χ2v) is 6.92. The molecule has 1 aromatic rings. The first-order chi connectivity index (χ1) is 12.5. The zero-order valence-corrected chi connectivity index (χ0v) is 15.7. The van der Waals surface area contributed by atoms with Crippen LogP contribution in [0.5, 0.6) is 0 Å². The van der Waals surface area contributed by atoms with E-state index in [1.54, 1.807) is 0 Å². The van der Waals surface area contributed by atoms with E-state index < -0.39 is 6.04 Å². The first-order valence-electron chi connectivity index (χ1n) is 9.14. The molecular weight excluding hydrogens is 332 g/mol. The number of nitrogens with zero attached hydrogens (tertiary/aromatic N) is 1. The van der Waals surface area contributed by atoms with Crippen molar-refractivity contribution in [2.75, 3.05) is 32.8 Å². The van der Waals surface area contributed by atoms with Crippen molar-refractivity contribution >= 4 is 11.8 Å². The lowest BCUT2D eigenvalue weighted by Crippen LogP contribution is -2.47. The van der Waals surface area contributed by atoms with Gasteiger partial charge in [0.15, 0.2) is 0 Å². The van der Waals surface area contributed by atoms with Crippen LogP contribution in [-0.4, -0.2) is 55.6 Å². The average Bonchev–Trinajstić information content (AvgIpc) is 2.65. The number of morpholine rings is 1. The van der Waals surface area contributed by atoms with Gasteiger partial charge in [-0.25, -0.2) is 0 Å². The highest BCUT2D eigenvalue weighted by Crippen LogP contribution is 2.13. The lowest BCUT2D eigenvalue weighted by molar-refractivity contribution is -0.127. The van der Waals surface area contributed by atoms with Gasteiger partial charge >= 0.3 is 0 Å². The van der Waals surface area contributed by atoms with Crippen LogP contribution in [0.15, 0.2) is 24.3 Å². The fourth-order valence-corrected chi connectivity index (χ4v) is 2.73. The van der Waals surface area contributed by atoms with Crippen LogP contribution < -0.4 is 16.4 Å². The van der Waals surface area contributed by atoms with Crippen LogP contribution in [0.3, 0.4) is 0 Å². The molecule has 0 spiro atoms. The van der Waals surface area contributed by atoms with Crippen LogP contribution in [0.2, 0.25) is 0 Å². The van der Waals surface area contributed by atoms with E-state index in [2.05, 4.69) is 21.6 Å². The molecule has 144 valence electrons. The summed E-state index contributed by atoms with van der Waals surface area (Å²) in [6, 6.07) is 7.48. The van der Waals surface area contributed by atoms with E-state index >= 15 is 0 Å². The average molecular weight is 362 g/mol. The van der Waals surface area contributed by atoms with Gasteiger partial charge in [0.2, 0.25) is 11.8 Å². The molecule has 1 aliphatic heterocycles. The van der Waals surface area contributed by atoms with Crippen molar-refractivity contribution in [1.82, 2.24) is 15.5 Å². The monoisotopic (exact) mass is 362 g/mol. The molecule has 0 aromatic heterocycles. The molecule has 1 saturated heterocycles. The highest BCUT2D eigenvalue weighted by atomic mass is 16.5. The Balaban J connectivity index is 1.81. The molecule has 0 aliphatic carbocycles. The third-order valence-corrected chi connectivity index (χ3v) is 4.54. The summed E-state index contributed by atoms with van der Waals surface area (Å²) in [6.45, 7) is 8.32. The molecule has 2 amide bonds. The van der Waals surface area contributed by atoms with E-state index in [9.17, 15) is 9.59 Å². The predicted octanol–water partition coefficient (Wildman–Crippen LogP) is 0.235. The smallest absolute Gasteiger partial charge is 0.239 e. The van der Waals surface area contributed by atoms with Gasteiger partial charge in [-0.05, 0) is 17.0 Å². The normalized spacial score (nSPS) is 16.3. The Kier molecular flexibility index (Phi) is 8.03. The number of nitrogens with one attached hydrogen (secondary N) is 2. The Bertz CT molecular complexity index is 600. The largest absolute Gasteiger partial charge is 0.379 e. The van der Waals surface area contributed by atoms with E-state index in [1.807, 2.05) is 32.0 Å². The molecular formula is C19H30N4O3. The number of amides is 2. The van der Waals surface area contributed by atoms with Crippen LogP contribution in [0, 0.1) is 5.92 Å². The molecule has 26 heavy (non-hydrogen) atoms. The topological polar surface area (TPSA) is 96.7 Å².